The molecule has 0 aliphatic carbocycles. The average molecular weight is 223 g/mol. The van der Waals surface area contributed by atoms with Crippen LogP contribution in [0.4, 0.5) is 10.1 Å². The van der Waals surface area contributed by atoms with Gasteiger partial charge in [0, 0.05) is 24.2 Å². The molecule has 16 heavy (non-hydrogen) atoms. The van der Waals surface area contributed by atoms with Gasteiger partial charge in [0.05, 0.1) is 0 Å². The van der Waals surface area contributed by atoms with E-state index < -0.39 is 12.9 Å². The van der Waals surface area contributed by atoms with Crippen molar-refractivity contribution in [2.24, 2.45) is 0 Å². The van der Waals surface area contributed by atoms with Gasteiger partial charge in [0.1, 0.15) is 5.82 Å². The summed E-state index contributed by atoms with van der Waals surface area (Å²) in [5.41, 5.74) is 0.752. The van der Waals surface area contributed by atoms with Gasteiger partial charge in [0.15, 0.2) is 0 Å². The Morgan fingerprint density at radius 2 is 1.81 bits per heavy atom. The summed E-state index contributed by atoms with van der Waals surface area (Å²) >= 11 is 0. The maximum absolute atomic E-state index is 13.5. The van der Waals surface area contributed by atoms with E-state index in [2.05, 4.69) is 4.90 Å². The van der Waals surface area contributed by atoms with Crippen LogP contribution in [0.25, 0.3) is 0 Å². The zero-order chi connectivity index (χ0) is 11.5. The van der Waals surface area contributed by atoms with E-state index in [9.17, 15) is 4.39 Å². The van der Waals surface area contributed by atoms with E-state index in [1.807, 2.05) is 0 Å². The second-order valence-corrected chi connectivity index (χ2v) is 4.13. The molecule has 3 nitrogen and oxygen atoms in total. The molecule has 0 radical (unpaired) electrons. The predicted molar refractivity (Wildman–Crippen MR) is 62.3 cm³/mol. The molecular formula is C11H15BFNO2. The molecule has 1 aliphatic rings. The summed E-state index contributed by atoms with van der Waals surface area (Å²) in [6, 6.07) is 4.55. The van der Waals surface area contributed by atoms with E-state index >= 15 is 0 Å². The van der Waals surface area contributed by atoms with Crippen LogP contribution >= 0.6 is 0 Å². The Morgan fingerprint density at radius 1 is 1.12 bits per heavy atom. The lowest BCUT2D eigenvalue weighted by molar-refractivity contribution is 0.423. The second-order valence-electron chi connectivity index (χ2n) is 4.13. The molecule has 2 N–H and O–H groups in total. The Hall–Kier alpha value is -1.07. The molecule has 0 spiro atoms. The third-order valence-corrected chi connectivity index (χ3v) is 2.98. The highest BCUT2D eigenvalue weighted by molar-refractivity contribution is 6.58. The molecule has 2 rings (SSSR count). The maximum Gasteiger partial charge on any atom is 0.491 e. The predicted octanol–water partition coefficient (Wildman–Crippen LogP) is 0.496. The number of anilines is 1. The van der Waals surface area contributed by atoms with Crippen LogP contribution in [0, 0.1) is 5.82 Å². The second kappa shape index (κ2) is 4.85. The zero-order valence-corrected chi connectivity index (χ0v) is 9.06. The molecule has 1 aromatic carbocycles. The normalized spacial score (nSPS) is 16.3. The summed E-state index contributed by atoms with van der Waals surface area (Å²) in [6.45, 7) is 1.89. The number of nitrogens with zero attached hydrogens (tertiary/aromatic N) is 1. The van der Waals surface area contributed by atoms with Gasteiger partial charge in [-0.2, -0.15) is 0 Å². The van der Waals surface area contributed by atoms with Crippen molar-refractivity contribution in [3.63, 3.8) is 0 Å². The van der Waals surface area contributed by atoms with Gasteiger partial charge in [-0.3, -0.25) is 0 Å². The highest BCUT2D eigenvalue weighted by Crippen LogP contribution is 2.19. The van der Waals surface area contributed by atoms with Crippen LogP contribution in [0.1, 0.15) is 19.3 Å². The van der Waals surface area contributed by atoms with E-state index in [-0.39, 0.29) is 5.46 Å². The number of hydrogen-bond donors (Lipinski definition) is 2. The fourth-order valence-electron chi connectivity index (χ4n) is 2.07. The molecular weight excluding hydrogens is 208 g/mol. The van der Waals surface area contributed by atoms with Gasteiger partial charge < -0.3 is 14.9 Å². The van der Waals surface area contributed by atoms with Crippen LogP contribution < -0.4 is 10.4 Å². The van der Waals surface area contributed by atoms with Gasteiger partial charge in [-0.1, -0.05) is 6.07 Å². The van der Waals surface area contributed by atoms with Crippen LogP contribution in [0.3, 0.4) is 0 Å². The minimum absolute atomic E-state index is 0.0687. The lowest BCUT2D eigenvalue weighted by Gasteiger charge is -2.29. The van der Waals surface area contributed by atoms with Crippen molar-refractivity contribution in [1.82, 2.24) is 0 Å². The fraction of sp³-hybridized carbons (Fsp3) is 0.455. The summed E-state index contributed by atoms with van der Waals surface area (Å²) in [5.74, 6) is -0.557. The van der Waals surface area contributed by atoms with Gasteiger partial charge in [-0.05, 0) is 31.4 Å². The molecule has 1 aromatic rings. The Labute approximate surface area is 94.7 Å². The molecule has 0 atom stereocenters. The van der Waals surface area contributed by atoms with E-state index in [4.69, 9.17) is 10.0 Å². The maximum atomic E-state index is 13.5. The van der Waals surface area contributed by atoms with Crippen molar-refractivity contribution in [2.75, 3.05) is 18.0 Å². The van der Waals surface area contributed by atoms with Crippen molar-refractivity contribution >= 4 is 18.3 Å². The smallest absolute Gasteiger partial charge is 0.423 e. The molecule has 1 fully saturated rings. The largest absolute Gasteiger partial charge is 0.491 e. The molecule has 0 unspecified atom stereocenters. The fourth-order valence-corrected chi connectivity index (χ4v) is 2.07. The number of benzene rings is 1. The minimum atomic E-state index is -1.74. The summed E-state index contributed by atoms with van der Waals surface area (Å²) in [5, 5.41) is 17.8. The molecule has 86 valence electrons. The van der Waals surface area contributed by atoms with Crippen molar-refractivity contribution < 1.29 is 14.4 Å². The number of hydrogen-bond acceptors (Lipinski definition) is 3. The molecule has 1 saturated heterocycles. The quantitative estimate of drug-likeness (QED) is 0.717. The van der Waals surface area contributed by atoms with E-state index in [0.29, 0.717) is 0 Å². The topological polar surface area (TPSA) is 43.7 Å². The number of piperidine rings is 1. The highest BCUT2D eigenvalue weighted by atomic mass is 19.1. The molecule has 5 heteroatoms. The SMILES string of the molecule is OB(O)c1ccc(N2CCCCC2)cc1F. The summed E-state index contributed by atoms with van der Waals surface area (Å²) in [6.07, 6.45) is 3.49. The van der Waals surface area contributed by atoms with Crippen LogP contribution in [-0.4, -0.2) is 30.3 Å². The van der Waals surface area contributed by atoms with Crippen LogP contribution in [0.2, 0.25) is 0 Å². The molecule has 0 bridgehead atoms. The molecule has 0 aromatic heterocycles. The Balaban J connectivity index is 2.19. The summed E-state index contributed by atoms with van der Waals surface area (Å²) < 4.78 is 13.5. The first-order valence-corrected chi connectivity index (χ1v) is 5.59. The first-order chi connectivity index (χ1) is 7.68. The lowest BCUT2D eigenvalue weighted by atomic mass is 9.80. The van der Waals surface area contributed by atoms with Crippen LogP contribution in [-0.2, 0) is 0 Å². The molecule has 0 saturated carbocycles. The first-order valence-electron chi connectivity index (χ1n) is 5.59. The zero-order valence-electron chi connectivity index (χ0n) is 9.06. The van der Waals surface area contributed by atoms with Crippen molar-refractivity contribution in [2.45, 2.75) is 19.3 Å². The van der Waals surface area contributed by atoms with Gasteiger partial charge in [-0.25, -0.2) is 4.39 Å². The average Bonchev–Trinajstić information content (AvgIpc) is 2.29. The standard InChI is InChI=1S/C11H15BFNO2/c13-11-8-9(4-5-10(11)12(15)16)14-6-2-1-3-7-14/h4-5,8,15-16H,1-3,6-7H2. The van der Waals surface area contributed by atoms with E-state index in [1.54, 1.807) is 6.07 Å². The first kappa shape index (κ1) is 11.4. The molecule has 1 heterocycles. The Kier molecular flexibility index (Phi) is 3.46. The van der Waals surface area contributed by atoms with Crippen molar-refractivity contribution in [3.05, 3.63) is 24.0 Å². The monoisotopic (exact) mass is 223 g/mol. The Bertz CT molecular complexity index is 367. The summed E-state index contributed by atoms with van der Waals surface area (Å²) in [4.78, 5) is 2.13. The number of rotatable bonds is 2. The van der Waals surface area contributed by atoms with Crippen LogP contribution in [0.5, 0.6) is 0 Å². The third kappa shape index (κ3) is 2.36. The van der Waals surface area contributed by atoms with Crippen molar-refractivity contribution in [3.8, 4) is 0 Å². The third-order valence-electron chi connectivity index (χ3n) is 2.98. The Morgan fingerprint density at radius 3 is 2.38 bits per heavy atom. The lowest BCUT2D eigenvalue weighted by Crippen LogP contribution is -2.34. The highest BCUT2D eigenvalue weighted by Gasteiger charge is 2.18. The van der Waals surface area contributed by atoms with Gasteiger partial charge in [0.25, 0.3) is 0 Å². The van der Waals surface area contributed by atoms with Crippen LogP contribution in [0.15, 0.2) is 18.2 Å². The van der Waals surface area contributed by atoms with Gasteiger partial charge in [-0.15, -0.1) is 0 Å². The van der Waals surface area contributed by atoms with E-state index in [1.165, 1.54) is 18.6 Å². The van der Waals surface area contributed by atoms with E-state index in [0.717, 1.165) is 31.6 Å². The van der Waals surface area contributed by atoms with Crippen molar-refractivity contribution in [1.29, 1.82) is 0 Å². The summed E-state index contributed by atoms with van der Waals surface area (Å²) in [7, 11) is -1.74. The minimum Gasteiger partial charge on any atom is -0.423 e. The van der Waals surface area contributed by atoms with Gasteiger partial charge >= 0.3 is 7.12 Å². The number of halogens is 1. The molecule has 1 aliphatic heterocycles. The molecule has 0 amide bonds. The van der Waals surface area contributed by atoms with Gasteiger partial charge in [0.2, 0.25) is 0 Å².